The molecule has 0 saturated heterocycles. The van der Waals surface area contributed by atoms with Crippen LogP contribution < -0.4 is 10.1 Å². The highest BCUT2D eigenvalue weighted by molar-refractivity contribution is 6.10. The molecule has 0 spiro atoms. The van der Waals surface area contributed by atoms with E-state index in [-0.39, 0.29) is 29.5 Å². The number of benzene rings is 3. The fourth-order valence-corrected chi connectivity index (χ4v) is 10.9. The molecule has 0 heterocycles. The van der Waals surface area contributed by atoms with Gasteiger partial charge in [0.25, 0.3) is 0 Å². The average molecular weight is 769 g/mol. The molecule has 7 atom stereocenters. The van der Waals surface area contributed by atoms with Gasteiger partial charge < -0.3 is 25.2 Å². The third kappa shape index (κ3) is 7.66. The maximum absolute atomic E-state index is 14.5. The van der Waals surface area contributed by atoms with Crippen molar-refractivity contribution in [2.24, 2.45) is 28.6 Å². The summed E-state index contributed by atoms with van der Waals surface area (Å²) in [5.74, 6) is -0.642. The third-order valence-electron chi connectivity index (χ3n) is 14.6. The van der Waals surface area contributed by atoms with Gasteiger partial charge in [-0.05, 0) is 160 Å². The van der Waals surface area contributed by atoms with Crippen LogP contribution in [0.3, 0.4) is 0 Å². The van der Waals surface area contributed by atoms with Crippen LogP contribution in [0.15, 0.2) is 72.3 Å². The second kappa shape index (κ2) is 15.7. The first-order valence-corrected chi connectivity index (χ1v) is 20.5. The Labute approximate surface area is 330 Å². The van der Waals surface area contributed by atoms with Gasteiger partial charge in [0.05, 0.1) is 25.4 Å². The predicted octanol–water partition coefficient (Wildman–Crippen LogP) is 9.85. The van der Waals surface area contributed by atoms with E-state index in [9.17, 15) is 28.6 Å². The lowest BCUT2D eigenvalue weighted by Gasteiger charge is -2.60. The molecular formula is C47H58F2N2O5. The number of nitrogens with zero attached hydrogens (tertiary/aromatic N) is 1. The number of carbonyl (C=O) groups is 2. The first-order valence-electron chi connectivity index (χ1n) is 20.5. The standard InChI is InChI=1S/C47H58F2N2O5/c1-29-7-6-21-46(4)39(37-18-9-30(23-35(52)15-8-29)24-38(37)43(53)31-11-19-41(48)42(49)25-31)20-22-47(46,55)28-51(27-32-10-12-33-26-40(32)45(33,2)3)44(54)50-34-13-16-36(56-5)17-14-34/h7,9,11,13-14,16-19,24-25,32-33,35,39-40,52,55H,6,8,10,12,15,20-23,26-28H2,1-5H3,(H,50,54)/t32-,33-,35-,39-,40-,46-,47+/m0/s1. The quantitative estimate of drug-likeness (QED) is 0.157. The van der Waals surface area contributed by atoms with E-state index < -0.39 is 34.5 Å². The highest BCUT2D eigenvalue weighted by atomic mass is 19.2. The van der Waals surface area contributed by atoms with Gasteiger partial charge in [-0.3, -0.25) is 4.79 Å². The number of amides is 2. The van der Waals surface area contributed by atoms with Gasteiger partial charge in [0.2, 0.25) is 0 Å². The second-order valence-electron chi connectivity index (χ2n) is 18.1. The number of fused-ring (bicyclic) bond motifs is 10. The number of hydrogen-bond acceptors (Lipinski definition) is 5. The number of allylic oxidation sites excluding steroid dienone is 2. The Balaban J connectivity index is 1.27. The number of ether oxygens (including phenoxy) is 1. The summed E-state index contributed by atoms with van der Waals surface area (Å²) in [4.78, 5) is 30.6. The number of anilines is 1. The molecule has 3 aromatic carbocycles. The number of halogens is 2. The van der Waals surface area contributed by atoms with E-state index in [1.807, 2.05) is 41.3 Å². The molecule has 9 heteroatoms. The van der Waals surface area contributed by atoms with E-state index in [4.69, 9.17) is 4.74 Å². The number of aliphatic hydroxyl groups is 2. The molecule has 9 rings (SSSR count). The maximum Gasteiger partial charge on any atom is 0.321 e. The molecule has 6 aliphatic carbocycles. The topological polar surface area (TPSA) is 99.1 Å². The summed E-state index contributed by atoms with van der Waals surface area (Å²) in [6, 6.07) is 15.9. The molecular weight excluding hydrogens is 711 g/mol. The minimum absolute atomic E-state index is 0.0347. The molecule has 4 bridgehead atoms. The molecule has 0 unspecified atom stereocenters. The normalized spacial score (nSPS) is 29.7. The zero-order valence-electron chi connectivity index (χ0n) is 33.5. The number of aliphatic hydroxyl groups excluding tert-OH is 1. The smallest absolute Gasteiger partial charge is 0.321 e. The number of ketones is 1. The molecule has 3 aromatic rings. The fourth-order valence-electron chi connectivity index (χ4n) is 10.9. The number of nitrogens with one attached hydrogen (secondary N) is 1. The summed E-state index contributed by atoms with van der Waals surface area (Å²) in [6.45, 7) is 9.53. The van der Waals surface area contributed by atoms with E-state index in [1.54, 1.807) is 13.2 Å². The number of methoxy groups -OCH3 is 1. The van der Waals surface area contributed by atoms with E-state index in [1.165, 1.54) is 18.1 Å². The van der Waals surface area contributed by atoms with Crippen molar-refractivity contribution >= 4 is 17.5 Å². The molecule has 2 amide bonds. The minimum atomic E-state index is -1.32. The first-order chi connectivity index (χ1) is 26.6. The zero-order valence-corrected chi connectivity index (χ0v) is 33.5. The van der Waals surface area contributed by atoms with Gasteiger partial charge in [-0.2, -0.15) is 0 Å². The molecule has 3 N–H and O–H groups in total. The van der Waals surface area contributed by atoms with Gasteiger partial charge in [0.15, 0.2) is 17.4 Å². The van der Waals surface area contributed by atoms with Crippen molar-refractivity contribution in [3.8, 4) is 5.75 Å². The van der Waals surface area contributed by atoms with Gasteiger partial charge in [-0.1, -0.05) is 44.6 Å². The van der Waals surface area contributed by atoms with E-state index in [2.05, 4.69) is 39.1 Å². The summed E-state index contributed by atoms with van der Waals surface area (Å²) in [6.07, 6.45) is 8.76. The molecule has 56 heavy (non-hydrogen) atoms. The van der Waals surface area contributed by atoms with Crippen molar-refractivity contribution in [1.82, 2.24) is 4.90 Å². The highest BCUT2D eigenvalue weighted by Crippen LogP contribution is 2.62. The molecule has 0 aromatic heterocycles. The lowest BCUT2D eigenvalue weighted by molar-refractivity contribution is -0.117. The van der Waals surface area contributed by atoms with Crippen molar-refractivity contribution in [1.29, 1.82) is 0 Å². The Morgan fingerprint density at radius 2 is 1.71 bits per heavy atom. The SMILES string of the molecule is COc1ccc(NC(=O)N(C[C@@H]2CC[C@H]3C[C@@H]2C3(C)C)C[C@]2(O)CC[C@H]3c4ccc(cc4C(=O)c4ccc(F)c(F)c4)C[C@@H](O)CCC(C)=CCC[C@@]32C)cc1. The van der Waals surface area contributed by atoms with Gasteiger partial charge in [0.1, 0.15) is 5.75 Å². The lowest BCUT2D eigenvalue weighted by atomic mass is 9.45. The molecule has 0 radical (unpaired) electrons. The van der Waals surface area contributed by atoms with Crippen LogP contribution >= 0.6 is 0 Å². The van der Waals surface area contributed by atoms with Crippen LogP contribution in [-0.2, 0) is 6.42 Å². The van der Waals surface area contributed by atoms with Crippen molar-refractivity contribution < 1.29 is 33.3 Å². The molecule has 0 aliphatic heterocycles. The first kappa shape index (κ1) is 40.1. The maximum atomic E-state index is 14.5. The van der Waals surface area contributed by atoms with Crippen molar-refractivity contribution in [2.45, 2.75) is 110 Å². The number of rotatable bonds is 8. The number of carbonyl (C=O) groups excluding carboxylic acids is 2. The van der Waals surface area contributed by atoms with Crippen molar-refractivity contribution in [3.63, 3.8) is 0 Å². The molecule has 300 valence electrons. The Bertz CT molecular complexity index is 1980. The summed E-state index contributed by atoms with van der Waals surface area (Å²) in [5.41, 5.74) is 1.83. The average Bonchev–Trinajstić information content (AvgIpc) is 3.43. The Kier molecular flexibility index (Phi) is 11.2. The van der Waals surface area contributed by atoms with Crippen LogP contribution in [0.4, 0.5) is 19.3 Å². The van der Waals surface area contributed by atoms with Crippen molar-refractivity contribution in [3.05, 3.63) is 106 Å². The summed E-state index contributed by atoms with van der Waals surface area (Å²) < 4.78 is 33.9. The Hall–Kier alpha value is -4.08. The van der Waals surface area contributed by atoms with Gasteiger partial charge >= 0.3 is 6.03 Å². The molecule has 4 fully saturated rings. The van der Waals surface area contributed by atoms with Gasteiger partial charge in [0, 0.05) is 28.8 Å². The molecule has 7 nitrogen and oxygen atoms in total. The largest absolute Gasteiger partial charge is 0.497 e. The molecule has 4 saturated carbocycles. The van der Waals surface area contributed by atoms with Crippen LogP contribution in [0.2, 0.25) is 0 Å². The van der Waals surface area contributed by atoms with Crippen LogP contribution in [0.25, 0.3) is 0 Å². The predicted molar refractivity (Wildman–Crippen MR) is 215 cm³/mol. The van der Waals surface area contributed by atoms with Crippen LogP contribution in [0, 0.1) is 40.2 Å². The van der Waals surface area contributed by atoms with Gasteiger partial charge in [-0.15, -0.1) is 0 Å². The van der Waals surface area contributed by atoms with Crippen LogP contribution in [0.5, 0.6) is 5.75 Å². The highest BCUT2D eigenvalue weighted by Gasteiger charge is 2.59. The van der Waals surface area contributed by atoms with Gasteiger partial charge in [-0.25, -0.2) is 13.6 Å². The zero-order chi connectivity index (χ0) is 40.0. The summed E-state index contributed by atoms with van der Waals surface area (Å²) in [7, 11) is 1.60. The monoisotopic (exact) mass is 768 g/mol. The molecule has 6 aliphatic rings. The summed E-state index contributed by atoms with van der Waals surface area (Å²) in [5, 5.41) is 27.3. The van der Waals surface area contributed by atoms with E-state index >= 15 is 0 Å². The van der Waals surface area contributed by atoms with Crippen molar-refractivity contribution in [2.75, 3.05) is 25.5 Å². The minimum Gasteiger partial charge on any atom is -0.497 e. The second-order valence-corrected chi connectivity index (χ2v) is 18.1. The van der Waals surface area contributed by atoms with E-state index in [0.29, 0.717) is 86.2 Å². The lowest BCUT2D eigenvalue weighted by Crippen LogP contribution is -2.58. The van der Waals surface area contributed by atoms with E-state index in [0.717, 1.165) is 36.1 Å². The Morgan fingerprint density at radius 1 is 0.946 bits per heavy atom. The van der Waals surface area contributed by atoms with Crippen LogP contribution in [-0.4, -0.2) is 58.8 Å². The third-order valence-corrected chi connectivity index (χ3v) is 14.6. The summed E-state index contributed by atoms with van der Waals surface area (Å²) >= 11 is 0. The van der Waals surface area contributed by atoms with Crippen LogP contribution in [0.1, 0.15) is 118 Å². The Morgan fingerprint density at radius 3 is 2.41 bits per heavy atom. The fraction of sp³-hybridized carbons (Fsp3) is 0.532. The number of hydrogen-bond donors (Lipinski definition) is 3. The number of urea groups is 1.